The third kappa shape index (κ3) is 2.90. The Hall–Kier alpha value is -0.830. The summed E-state index contributed by atoms with van der Waals surface area (Å²) in [4.78, 5) is 8.77. The Labute approximate surface area is 144 Å². The van der Waals surface area contributed by atoms with Crippen LogP contribution in [0.1, 0.15) is 5.69 Å². The van der Waals surface area contributed by atoms with E-state index in [0.717, 1.165) is 9.26 Å². The van der Waals surface area contributed by atoms with Gasteiger partial charge in [0, 0.05) is 12.7 Å². The summed E-state index contributed by atoms with van der Waals surface area (Å²) in [7, 11) is 1.60. The molecule has 2 heterocycles. The van der Waals surface area contributed by atoms with Crippen molar-refractivity contribution in [3.05, 3.63) is 31.6 Å². The lowest BCUT2D eigenvalue weighted by molar-refractivity contribution is 0.174. The quantitative estimate of drug-likeness (QED) is 0.536. The van der Waals surface area contributed by atoms with Gasteiger partial charge in [-0.1, -0.05) is 23.2 Å². The van der Waals surface area contributed by atoms with Gasteiger partial charge in [-0.25, -0.2) is 9.97 Å². The zero-order valence-electron chi connectivity index (χ0n) is 10.8. The maximum absolute atomic E-state index is 6.18. The minimum atomic E-state index is 0.154. The van der Waals surface area contributed by atoms with Gasteiger partial charge in [0.1, 0.15) is 5.15 Å². The summed E-state index contributed by atoms with van der Waals surface area (Å²) in [6.07, 6.45) is 0. The molecule has 0 saturated carbocycles. The molecule has 2 aromatic rings. The van der Waals surface area contributed by atoms with Crippen molar-refractivity contribution in [2.75, 3.05) is 13.9 Å². The normalized spacial score (nSPS) is 12.8. The van der Waals surface area contributed by atoms with Crippen molar-refractivity contribution in [1.29, 1.82) is 0 Å². The maximum atomic E-state index is 6.18. The van der Waals surface area contributed by atoms with Crippen LogP contribution in [0, 0.1) is 3.57 Å². The van der Waals surface area contributed by atoms with E-state index in [0.29, 0.717) is 39.7 Å². The van der Waals surface area contributed by atoms with Gasteiger partial charge in [0.25, 0.3) is 0 Å². The number of ether oxygens (including phenoxy) is 3. The average Bonchev–Trinajstić information content (AvgIpc) is 2.92. The lowest BCUT2D eigenvalue weighted by atomic mass is 10.2. The largest absolute Gasteiger partial charge is 0.454 e. The van der Waals surface area contributed by atoms with E-state index in [2.05, 4.69) is 32.6 Å². The van der Waals surface area contributed by atoms with E-state index in [4.69, 9.17) is 37.4 Å². The molecule has 110 valence electrons. The summed E-state index contributed by atoms with van der Waals surface area (Å²) in [6, 6.07) is 3.51. The van der Waals surface area contributed by atoms with Crippen molar-refractivity contribution in [1.82, 2.24) is 9.97 Å². The summed E-state index contributed by atoms with van der Waals surface area (Å²) in [5.74, 6) is 1.57. The molecule has 8 heteroatoms. The zero-order valence-corrected chi connectivity index (χ0v) is 14.5. The SMILES string of the molecule is COCc1nc(-c2cc(Cl)c3c(c2)OCO3)nc(Cl)c1I. The molecule has 1 aliphatic rings. The highest BCUT2D eigenvalue weighted by Gasteiger charge is 2.20. The van der Waals surface area contributed by atoms with E-state index in [-0.39, 0.29) is 6.79 Å². The van der Waals surface area contributed by atoms with Crippen molar-refractivity contribution < 1.29 is 14.2 Å². The number of hydrogen-bond acceptors (Lipinski definition) is 5. The molecule has 3 rings (SSSR count). The first-order chi connectivity index (χ1) is 10.1. The first kappa shape index (κ1) is 15.1. The van der Waals surface area contributed by atoms with Crippen LogP contribution in [0.4, 0.5) is 0 Å². The number of aromatic nitrogens is 2. The second kappa shape index (κ2) is 6.12. The Kier molecular flexibility index (Phi) is 4.39. The lowest BCUT2D eigenvalue weighted by Gasteiger charge is -2.09. The van der Waals surface area contributed by atoms with Crippen LogP contribution in [0.2, 0.25) is 10.2 Å². The molecule has 0 bridgehead atoms. The van der Waals surface area contributed by atoms with E-state index in [9.17, 15) is 0 Å². The van der Waals surface area contributed by atoms with Crippen LogP contribution in [-0.4, -0.2) is 23.9 Å². The number of rotatable bonds is 3. The number of fused-ring (bicyclic) bond motifs is 1. The van der Waals surface area contributed by atoms with Crippen molar-refractivity contribution >= 4 is 45.8 Å². The van der Waals surface area contributed by atoms with Crippen LogP contribution in [0.25, 0.3) is 11.4 Å². The molecule has 1 aromatic heterocycles. The molecule has 0 spiro atoms. The molecule has 0 aliphatic carbocycles. The molecular formula is C13H9Cl2IN2O3. The van der Waals surface area contributed by atoms with Gasteiger partial charge in [-0.2, -0.15) is 0 Å². The number of halogens is 3. The number of methoxy groups -OCH3 is 1. The molecule has 0 unspecified atom stereocenters. The minimum absolute atomic E-state index is 0.154. The third-order valence-corrected chi connectivity index (χ3v) is 4.85. The zero-order chi connectivity index (χ0) is 15.0. The first-order valence-electron chi connectivity index (χ1n) is 5.90. The summed E-state index contributed by atoms with van der Waals surface area (Å²) < 4.78 is 16.5. The Morgan fingerprint density at radius 3 is 2.86 bits per heavy atom. The molecule has 0 N–H and O–H groups in total. The van der Waals surface area contributed by atoms with Gasteiger partial charge in [0.15, 0.2) is 17.3 Å². The Morgan fingerprint density at radius 2 is 2.10 bits per heavy atom. The summed E-state index contributed by atoms with van der Waals surface area (Å²) in [5, 5.41) is 0.827. The van der Waals surface area contributed by atoms with E-state index in [1.807, 2.05) is 0 Å². The van der Waals surface area contributed by atoms with Gasteiger partial charge in [0.2, 0.25) is 6.79 Å². The van der Waals surface area contributed by atoms with Gasteiger partial charge in [0.05, 0.1) is 20.9 Å². The Balaban J connectivity index is 2.10. The Morgan fingerprint density at radius 1 is 1.29 bits per heavy atom. The van der Waals surface area contributed by atoms with E-state index >= 15 is 0 Å². The van der Waals surface area contributed by atoms with Gasteiger partial charge in [-0.05, 0) is 34.7 Å². The van der Waals surface area contributed by atoms with Crippen LogP contribution in [0.5, 0.6) is 11.5 Å². The molecular weight excluding hydrogens is 430 g/mol. The van der Waals surface area contributed by atoms with Gasteiger partial charge >= 0.3 is 0 Å². The fourth-order valence-corrected chi connectivity index (χ4v) is 2.77. The third-order valence-electron chi connectivity index (χ3n) is 2.85. The predicted molar refractivity (Wildman–Crippen MR) is 87.0 cm³/mol. The highest BCUT2D eigenvalue weighted by molar-refractivity contribution is 14.1. The minimum Gasteiger partial charge on any atom is -0.454 e. The van der Waals surface area contributed by atoms with Crippen molar-refractivity contribution in [2.24, 2.45) is 0 Å². The highest BCUT2D eigenvalue weighted by atomic mass is 127. The standard InChI is InChI=1S/C13H9Cl2IN2O3/c1-19-4-8-10(16)12(15)18-13(17-8)6-2-7(14)11-9(3-6)20-5-21-11/h2-3H,4-5H2,1H3. The summed E-state index contributed by atoms with van der Waals surface area (Å²) in [5.41, 5.74) is 1.43. The van der Waals surface area contributed by atoms with Crippen molar-refractivity contribution in [2.45, 2.75) is 6.61 Å². The monoisotopic (exact) mass is 438 g/mol. The molecule has 1 aliphatic heterocycles. The van der Waals surface area contributed by atoms with Crippen LogP contribution in [-0.2, 0) is 11.3 Å². The van der Waals surface area contributed by atoms with E-state index < -0.39 is 0 Å². The second-order valence-electron chi connectivity index (χ2n) is 4.22. The topological polar surface area (TPSA) is 53.5 Å². The lowest BCUT2D eigenvalue weighted by Crippen LogP contribution is -2.02. The summed E-state index contributed by atoms with van der Waals surface area (Å²) >= 11 is 14.4. The van der Waals surface area contributed by atoms with Gasteiger partial charge in [-0.3, -0.25) is 0 Å². The second-order valence-corrected chi connectivity index (χ2v) is 6.07. The predicted octanol–water partition coefficient (Wildman–Crippen LogP) is 3.93. The van der Waals surface area contributed by atoms with Crippen LogP contribution < -0.4 is 9.47 Å². The van der Waals surface area contributed by atoms with Gasteiger partial charge in [-0.15, -0.1) is 0 Å². The fraction of sp³-hybridized carbons (Fsp3) is 0.231. The smallest absolute Gasteiger partial charge is 0.231 e. The molecule has 0 radical (unpaired) electrons. The fourth-order valence-electron chi connectivity index (χ4n) is 1.92. The molecule has 0 saturated heterocycles. The molecule has 0 atom stereocenters. The maximum Gasteiger partial charge on any atom is 0.231 e. The van der Waals surface area contributed by atoms with Crippen LogP contribution in [0.15, 0.2) is 12.1 Å². The molecule has 0 fully saturated rings. The van der Waals surface area contributed by atoms with Crippen molar-refractivity contribution in [3.63, 3.8) is 0 Å². The van der Waals surface area contributed by atoms with Crippen LogP contribution >= 0.6 is 45.8 Å². The summed E-state index contributed by atoms with van der Waals surface area (Å²) in [6.45, 7) is 0.507. The number of benzene rings is 1. The van der Waals surface area contributed by atoms with E-state index in [1.54, 1.807) is 19.2 Å². The van der Waals surface area contributed by atoms with Crippen LogP contribution in [0.3, 0.4) is 0 Å². The van der Waals surface area contributed by atoms with E-state index in [1.165, 1.54) is 0 Å². The van der Waals surface area contributed by atoms with Crippen molar-refractivity contribution in [3.8, 4) is 22.9 Å². The highest BCUT2D eigenvalue weighted by Crippen LogP contribution is 2.42. The first-order valence-corrected chi connectivity index (χ1v) is 7.74. The average molecular weight is 439 g/mol. The van der Waals surface area contributed by atoms with Gasteiger partial charge < -0.3 is 14.2 Å². The number of nitrogens with zero attached hydrogens (tertiary/aromatic N) is 2. The Bertz CT molecular complexity index is 712. The molecule has 21 heavy (non-hydrogen) atoms. The molecule has 1 aromatic carbocycles. The molecule has 0 amide bonds. The molecule has 5 nitrogen and oxygen atoms in total. The number of hydrogen-bond donors (Lipinski definition) is 0.